The Kier molecular flexibility index (Phi) is 5.27. The molecule has 1 aliphatic rings. The first-order chi connectivity index (χ1) is 16.0. The lowest BCUT2D eigenvalue weighted by atomic mass is 10.1. The number of benzene rings is 2. The highest BCUT2D eigenvalue weighted by Crippen LogP contribution is 2.33. The van der Waals surface area contributed by atoms with Crippen LogP contribution in [-0.2, 0) is 11.3 Å². The molecule has 2 aromatic heterocycles. The summed E-state index contributed by atoms with van der Waals surface area (Å²) in [5.41, 5.74) is 8.09. The molecule has 2 amide bonds. The highest BCUT2D eigenvalue weighted by Gasteiger charge is 2.33. The fraction of sp³-hybridized carbons (Fsp3) is 0.0870. The van der Waals surface area contributed by atoms with Crippen molar-refractivity contribution in [2.24, 2.45) is 0 Å². The third-order valence-electron chi connectivity index (χ3n) is 5.12. The predicted octanol–water partition coefficient (Wildman–Crippen LogP) is 4.08. The zero-order valence-electron chi connectivity index (χ0n) is 17.3. The van der Waals surface area contributed by atoms with E-state index in [2.05, 4.69) is 21.6 Å². The normalized spacial score (nSPS) is 13.8. The molecule has 0 unspecified atom stereocenters. The minimum atomic E-state index is -0.384. The number of imide groups is 1. The minimum absolute atomic E-state index is 0.146. The van der Waals surface area contributed by atoms with Gasteiger partial charge in [0.15, 0.2) is 5.65 Å². The number of nitrogens with two attached hydrogens (primary N) is 1. The Morgan fingerprint density at radius 2 is 1.70 bits per heavy atom. The van der Waals surface area contributed by atoms with Crippen LogP contribution in [0.3, 0.4) is 0 Å². The Hall–Kier alpha value is -4.18. The van der Waals surface area contributed by atoms with Crippen LogP contribution in [0.2, 0.25) is 0 Å². The van der Waals surface area contributed by atoms with Gasteiger partial charge in [-0.05, 0) is 48.2 Å². The second kappa shape index (κ2) is 8.40. The van der Waals surface area contributed by atoms with Gasteiger partial charge in [0.1, 0.15) is 29.3 Å². The maximum absolute atomic E-state index is 12.1. The molecule has 33 heavy (non-hydrogen) atoms. The molecule has 0 radical (unpaired) electrons. The number of rotatable bonds is 6. The number of ether oxygens (including phenoxy) is 1. The topological polar surface area (TPSA) is 116 Å². The molecule has 3 heterocycles. The molecule has 0 aliphatic carbocycles. The van der Waals surface area contributed by atoms with Crippen LogP contribution in [0, 0.1) is 0 Å². The molecule has 0 bridgehead atoms. The van der Waals surface area contributed by atoms with Gasteiger partial charge < -0.3 is 10.5 Å². The van der Waals surface area contributed by atoms with E-state index in [0.717, 1.165) is 28.0 Å². The van der Waals surface area contributed by atoms with E-state index in [1.54, 1.807) is 4.68 Å². The zero-order chi connectivity index (χ0) is 22.9. The van der Waals surface area contributed by atoms with Gasteiger partial charge in [-0.3, -0.25) is 14.5 Å². The quantitative estimate of drug-likeness (QED) is 0.430. The van der Waals surface area contributed by atoms with Crippen molar-refractivity contribution >= 4 is 39.8 Å². The van der Waals surface area contributed by atoms with Crippen molar-refractivity contribution in [2.75, 3.05) is 12.3 Å². The molecule has 1 saturated heterocycles. The van der Waals surface area contributed by atoms with Gasteiger partial charge in [-0.15, -0.1) is 0 Å². The third kappa shape index (κ3) is 3.92. The van der Waals surface area contributed by atoms with Crippen LogP contribution in [0.15, 0.2) is 72.4 Å². The van der Waals surface area contributed by atoms with Gasteiger partial charge in [-0.1, -0.05) is 24.8 Å². The van der Waals surface area contributed by atoms with Gasteiger partial charge in [0.25, 0.3) is 11.1 Å². The average molecular weight is 459 g/mol. The Morgan fingerprint density at radius 1 is 0.970 bits per heavy atom. The number of thioether (sulfide) groups is 1. The smallest absolute Gasteiger partial charge is 0.293 e. The van der Waals surface area contributed by atoms with Crippen molar-refractivity contribution in [2.45, 2.75) is 6.54 Å². The van der Waals surface area contributed by atoms with Crippen LogP contribution >= 0.6 is 11.8 Å². The van der Waals surface area contributed by atoms with Crippen molar-refractivity contribution in [3.63, 3.8) is 0 Å². The summed E-state index contributed by atoms with van der Waals surface area (Å²) in [6.45, 7) is 4.01. The summed E-state index contributed by atoms with van der Waals surface area (Å²) in [6.07, 6.45) is 1.36. The van der Waals surface area contributed by atoms with E-state index >= 15 is 0 Å². The second-order valence-electron chi connectivity index (χ2n) is 7.22. The maximum Gasteiger partial charge on any atom is 0.293 e. The molecular weight excluding hydrogens is 440 g/mol. The summed E-state index contributed by atoms with van der Waals surface area (Å²) < 4.78 is 7.48. The predicted molar refractivity (Wildman–Crippen MR) is 126 cm³/mol. The number of carbonyl (C=O) groups excluding carboxylic acids is 2. The number of fused-ring (bicyclic) bond motifs is 1. The largest absolute Gasteiger partial charge is 0.457 e. The van der Waals surface area contributed by atoms with E-state index in [0.29, 0.717) is 28.3 Å². The lowest BCUT2D eigenvalue weighted by Gasteiger charge is -2.12. The van der Waals surface area contributed by atoms with Crippen molar-refractivity contribution in [1.29, 1.82) is 0 Å². The molecule has 1 fully saturated rings. The first-order valence-corrected chi connectivity index (χ1v) is 10.9. The Morgan fingerprint density at radius 3 is 2.39 bits per heavy atom. The summed E-state index contributed by atoms with van der Waals surface area (Å²) in [5, 5.41) is 4.94. The van der Waals surface area contributed by atoms with Gasteiger partial charge in [0, 0.05) is 12.1 Å². The SMILES string of the molecule is C=C1SC(=O)N(CCn2nc(-c3ccc(Oc4ccccc4)cc3)c3c(N)ncnc32)C1=O. The fourth-order valence-corrected chi connectivity index (χ4v) is 4.21. The molecule has 4 aromatic rings. The van der Waals surface area contributed by atoms with Crippen molar-refractivity contribution in [3.8, 4) is 22.8 Å². The zero-order valence-corrected chi connectivity index (χ0v) is 18.2. The molecule has 9 nitrogen and oxygen atoms in total. The van der Waals surface area contributed by atoms with Crippen molar-refractivity contribution in [1.82, 2.24) is 24.6 Å². The van der Waals surface area contributed by atoms with Crippen LogP contribution in [-0.4, -0.2) is 42.3 Å². The monoisotopic (exact) mass is 458 g/mol. The van der Waals surface area contributed by atoms with E-state index in [1.807, 2.05) is 54.6 Å². The lowest BCUT2D eigenvalue weighted by Crippen LogP contribution is -2.31. The van der Waals surface area contributed by atoms with E-state index in [1.165, 1.54) is 6.33 Å². The molecule has 10 heteroatoms. The van der Waals surface area contributed by atoms with Crippen LogP contribution in [0.25, 0.3) is 22.3 Å². The number of nitrogens with zero attached hydrogens (tertiary/aromatic N) is 5. The van der Waals surface area contributed by atoms with Crippen molar-refractivity contribution < 1.29 is 14.3 Å². The Balaban J connectivity index is 1.44. The van der Waals surface area contributed by atoms with Crippen LogP contribution in [0.5, 0.6) is 11.5 Å². The van der Waals surface area contributed by atoms with E-state index in [-0.39, 0.29) is 29.1 Å². The van der Waals surface area contributed by atoms with Gasteiger partial charge in [-0.25, -0.2) is 14.6 Å². The number of nitrogen functional groups attached to an aromatic ring is 1. The average Bonchev–Trinajstić information content (AvgIpc) is 3.31. The Bertz CT molecular complexity index is 1380. The highest BCUT2D eigenvalue weighted by atomic mass is 32.2. The summed E-state index contributed by atoms with van der Waals surface area (Å²) >= 11 is 0.838. The first kappa shape index (κ1) is 20.7. The molecular formula is C23H18N6O3S. The summed E-state index contributed by atoms with van der Waals surface area (Å²) in [4.78, 5) is 34.0. The Labute approximate surface area is 192 Å². The number of hydrogen-bond donors (Lipinski definition) is 1. The number of anilines is 1. The molecule has 0 atom stereocenters. The number of carbonyl (C=O) groups is 2. The van der Waals surface area contributed by atoms with Gasteiger partial charge in [0.05, 0.1) is 16.8 Å². The minimum Gasteiger partial charge on any atom is -0.457 e. The van der Waals surface area contributed by atoms with Gasteiger partial charge in [0.2, 0.25) is 0 Å². The highest BCUT2D eigenvalue weighted by molar-refractivity contribution is 8.18. The van der Waals surface area contributed by atoms with E-state index in [9.17, 15) is 9.59 Å². The molecule has 164 valence electrons. The van der Waals surface area contributed by atoms with Crippen LogP contribution in [0.4, 0.5) is 10.6 Å². The standard InChI is InChI=1S/C23H18N6O3S/c1-14-22(30)28(23(31)33-14)11-12-29-21-18(20(24)25-13-26-21)19(27-29)15-7-9-17(10-8-15)32-16-5-3-2-4-6-16/h2-10,13H,1,11-12H2,(H2,24,25,26). The molecule has 2 N–H and O–H groups in total. The summed E-state index contributed by atoms with van der Waals surface area (Å²) in [6, 6.07) is 16.9. The second-order valence-corrected chi connectivity index (χ2v) is 8.26. The summed E-state index contributed by atoms with van der Waals surface area (Å²) in [5.74, 6) is 1.33. The maximum atomic E-state index is 12.1. The third-order valence-corrected chi connectivity index (χ3v) is 5.93. The van der Waals surface area contributed by atoms with Crippen LogP contribution < -0.4 is 10.5 Å². The van der Waals surface area contributed by atoms with Crippen LogP contribution in [0.1, 0.15) is 0 Å². The van der Waals surface area contributed by atoms with E-state index < -0.39 is 0 Å². The summed E-state index contributed by atoms with van der Waals surface area (Å²) in [7, 11) is 0. The van der Waals surface area contributed by atoms with E-state index in [4.69, 9.17) is 10.5 Å². The van der Waals surface area contributed by atoms with Gasteiger partial charge >= 0.3 is 0 Å². The lowest BCUT2D eigenvalue weighted by molar-refractivity contribution is -0.122. The van der Waals surface area contributed by atoms with Gasteiger partial charge in [-0.2, -0.15) is 5.10 Å². The molecule has 5 rings (SSSR count). The molecule has 1 aliphatic heterocycles. The number of aromatic nitrogens is 4. The van der Waals surface area contributed by atoms with Crippen molar-refractivity contribution in [3.05, 3.63) is 72.4 Å². The number of para-hydroxylation sites is 1. The molecule has 0 saturated carbocycles. The fourth-order valence-electron chi connectivity index (χ4n) is 3.52. The first-order valence-electron chi connectivity index (χ1n) is 10.0. The number of hydrogen-bond acceptors (Lipinski definition) is 8. The molecule has 2 aromatic carbocycles. The molecule has 0 spiro atoms. The number of amides is 2.